The average Bonchev–Trinajstić information content (AvgIpc) is 3.45. The SMILES string of the molecule is COc1cccc(F)c1-c1nc(Nc2cc(N3CC[C@@H](N)[C@H](O)C3)c(-c3cnn(C(F)F)c3)cn2)ccc1C#N. The van der Waals surface area contributed by atoms with Gasteiger partial charge in [0.1, 0.15) is 29.3 Å². The number of β-amino-alcohol motifs (C(OH)–C–C–N with tert-alkyl or cyclic N) is 1. The van der Waals surface area contributed by atoms with E-state index in [1.54, 1.807) is 18.2 Å². The third-order valence-electron chi connectivity index (χ3n) is 6.67. The number of benzene rings is 1. The third-order valence-corrected chi connectivity index (χ3v) is 6.67. The number of hydrogen-bond donors (Lipinski definition) is 3. The van der Waals surface area contributed by atoms with E-state index in [-0.39, 0.29) is 41.0 Å². The van der Waals surface area contributed by atoms with Gasteiger partial charge in [-0.05, 0) is 30.7 Å². The van der Waals surface area contributed by atoms with Crippen LogP contribution < -0.4 is 20.7 Å². The molecule has 0 unspecified atom stereocenters. The molecule has 206 valence electrons. The fourth-order valence-electron chi connectivity index (χ4n) is 4.59. The Balaban J connectivity index is 1.54. The van der Waals surface area contributed by atoms with Crippen molar-refractivity contribution in [2.45, 2.75) is 25.1 Å². The fraction of sp³-hybridized carbons (Fsp3) is 0.259. The number of nitriles is 1. The topological polar surface area (TPSA) is 138 Å². The predicted molar refractivity (Wildman–Crippen MR) is 142 cm³/mol. The van der Waals surface area contributed by atoms with Crippen LogP contribution >= 0.6 is 0 Å². The lowest BCUT2D eigenvalue weighted by Crippen LogP contribution is -2.50. The van der Waals surface area contributed by atoms with Gasteiger partial charge in [0, 0.05) is 48.7 Å². The number of anilines is 3. The summed E-state index contributed by atoms with van der Waals surface area (Å²) in [4.78, 5) is 10.8. The molecular formula is C27H25F3N8O2. The van der Waals surface area contributed by atoms with Gasteiger partial charge in [0.25, 0.3) is 0 Å². The number of ether oxygens (including phenoxy) is 1. The van der Waals surface area contributed by atoms with E-state index in [0.29, 0.717) is 40.3 Å². The molecule has 13 heteroatoms. The zero-order chi connectivity index (χ0) is 28.4. The number of piperidine rings is 1. The van der Waals surface area contributed by atoms with Crippen molar-refractivity contribution in [2.24, 2.45) is 5.73 Å². The molecule has 4 heterocycles. The molecule has 1 aliphatic heterocycles. The molecule has 4 N–H and O–H groups in total. The minimum Gasteiger partial charge on any atom is -0.496 e. The van der Waals surface area contributed by atoms with Gasteiger partial charge in [0.05, 0.1) is 41.9 Å². The minimum absolute atomic E-state index is 0.0453. The highest BCUT2D eigenvalue weighted by molar-refractivity contribution is 5.80. The molecule has 0 bridgehead atoms. The van der Waals surface area contributed by atoms with Crippen LogP contribution in [0.1, 0.15) is 18.5 Å². The average molecular weight is 551 g/mol. The molecule has 1 fully saturated rings. The molecule has 10 nitrogen and oxygen atoms in total. The Morgan fingerprint density at radius 1 is 1.23 bits per heavy atom. The molecular weight excluding hydrogens is 525 g/mol. The van der Waals surface area contributed by atoms with Crippen molar-refractivity contribution < 1.29 is 23.0 Å². The van der Waals surface area contributed by atoms with Crippen LogP contribution in [0, 0.1) is 17.1 Å². The first-order valence-corrected chi connectivity index (χ1v) is 12.3. The standard InChI is InChI=1S/C27H25F3N8O2/c1-40-22-4-2-3-18(28)25(22)26-15(10-31)5-6-23(36-26)35-24-9-20(37-8-7-19(32)21(39)14-37)17(12-33-24)16-11-34-38(13-16)27(29)30/h2-6,9,11-13,19,21,27,39H,7-8,14,32H2,1H3,(H,33,35,36)/t19-,21-/m1/s1. The molecule has 1 aromatic carbocycles. The van der Waals surface area contributed by atoms with Gasteiger partial charge in [-0.25, -0.2) is 19.0 Å². The predicted octanol–water partition coefficient (Wildman–Crippen LogP) is 4.06. The summed E-state index contributed by atoms with van der Waals surface area (Å²) in [6.07, 6.45) is 3.79. The van der Waals surface area contributed by atoms with Gasteiger partial charge in [-0.15, -0.1) is 0 Å². The number of nitrogens with zero attached hydrogens (tertiary/aromatic N) is 6. The molecule has 4 aromatic rings. The number of halogens is 3. The smallest absolute Gasteiger partial charge is 0.333 e. The number of aliphatic hydroxyl groups excluding tert-OH is 1. The van der Waals surface area contributed by atoms with Crippen molar-refractivity contribution in [2.75, 3.05) is 30.4 Å². The second kappa shape index (κ2) is 11.2. The van der Waals surface area contributed by atoms with Crippen LogP contribution in [0.15, 0.2) is 55.0 Å². The van der Waals surface area contributed by atoms with Crippen LogP contribution in [0.25, 0.3) is 22.4 Å². The molecule has 1 saturated heterocycles. The maximum absolute atomic E-state index is 14.8. The summed E-state index contributed by atoms with van der Waals surface area (Å²) in [7, 11) is 1.40. The van der Waals surface area contributed by atoms with Gasteiger partial charge in [-0.1, -0.05) is 6.07 Å². The van der Waals surface area contributed by atoms with Crippen LogP contribution in [-0.2, 0) is 0 Å². The summed E-state index contributed by atoms with van der Waals surface area (Å²) in [5.74, 6) is 0.235. The van der Waals surface area contributed by atoms with Gasteiger partial charge in [-0.2, -0.15) is 19.1 Å². The minimum atomic E-state index is -2.80. The molecule has 0 spiro atoms. The van der Waals surface area contributed by atoms with E-state index in [1.807, 2.05) is 11.0 Å². The highest BCUT2D eigenvalue weighted by Crippen LogP contribution is 2.36. The number of pyridine rings is 2. The summed E-state index contributed by atoms with van der Waals surface area (Å²) in [5.41, 5.74) is 7.84. The van der Waals surface area contributed by atoms with Crippen molar-refractivity contribution in [3.05, 3.63) is 66.4 Å². The van der Waals surface area contributed by atoms with Gasteiger partial charge in [0.2, 0.25) is 0 Å². The van der Waals surface area contributed by atoms with Crippen molar-refractivity contribution in [1.29, 1.82) is 5.26 Å². The first-order valence-electron chi connectivity index (χ1n) is 12.3. The molecule has 5 rings (SSSR count). The van der Waals surface area contributed by atoms with Gasteiger partial charge < -0.3 is 25.8 Å². The van der Waals surface area contributed by atoms with Crippen LogP contribution in [0.2, 0.25) is 0 Å². The zero-order valence-electron chi connectivity index (χ0n) is 21.3. The van der Waals surface area contributed by atoms with Crippen molar-refractivity contribution in [3.63, 3.8) is 0 Å². The molecule has 1 aliphatic rings. The number of rotatable bonds is 7. The lowest BCUT2D eigenvalue weighted by atomic mass is 10.0. The largest absolute Gasteiger partial charge is 0.496 e. The molecule has 0 saturated carbocycles. The highest BCUT2D eigenvalue weighted by Gasteiger charge is 2.27. The quantitative estimate of drug-likeness (QED) is 0.311. The molecule has 0 aliphatic carbocycles. The van der Waals surface area contributed by atoms with Crippen molar-refractivity contribution in [3.8, 4) is 34.2 Å². The molecule has 3 aromatic heterocycles. The second-order valence-corrected chi connectivity index (χ2v) is 9.19. The Morgan fingerprint density at radius 2 is 2.05 bits per heavy atom. The molecule has 0 radical (unpaired) electrons. The van der Waals surface area contributed by atoms with Gasteiger partial charge >= 0.3 is 6.55 Å². The second-order valence-electron chi connectivity index (χ2n) is 9.19. The van der Waals surface area contributed by atoms with Crippen molar-refractivity contribution >= 4 is 17.3 Å². The Morgan fingerprint density at radius 3 is 2.75 bits per heavy atom. The summed E-state index contributed by atoms with van der Waals surface area (Å²) in [6.45, 7) is -2.05. The summed E-state index contributed by atoms with van der Waals surface area (Å²) >= 11 is 0. The van der Waals surface area contributed by atoms with Crippen LogP contribution in [0.5, 0.6) is 5.75 Å². The van der Waals surface area contributed by atoms with Crippen LogP contribution in [-0.4, -0.2) is 57.2 Å². The summed E-state index contributed by atoms with van der Waals surface area (Å²) < 4.78 is 47.1. The summed E-state index contributed by atoms with van der Waals surface area (Å²) in [5, 5.41) is 26.9. The summed E-state index contributed by atoms with van der Waals surface area (Å²) in [6, 6.07) is 10.7. The van der Waals surface area contributed by atoms with E-state index in [2.05, 4.69) is 20.4 Å². The normalized spacial score (nSPS) is 17.1. The highest BCUT2D eigenvalue weighted by atomic mass is 19.3. The Hall–Kier alpha value is -4.67. The number of aromatic nitrogens is 4. The lowest BCUT2D eigenvalue weighted by Gasteiger charge is -2.36. The number of nitrogens with one attached hydrogen (secondary N) is 1. The number of alkyl halides is 2. The first-order chi connectivity index (χ1) is 19.3. The van der Waals surface area contributed by atoms with E-state index in [0.717, 1.165) is 0 Å². The number of hydrogen-bond acceptors (Lipinski definition) is 9. The third kappa shape index (κ3) is 5.27. The Bertz CT molecular complexity index is 1570. The molecule has 2 atom stereocenters. The molecule has 40 heavy (non-hydrogen) atoms. The monoisotopic (exact) mass is 550 g/mol. The van der Waals surface area contributed by atoms with E-state index in [1.165, 1.54) is 43.9 Å². The molecule has 0 amide bonds. The fourth-order valence-corrected chi connectivity index (χ4v) is 4.59. The maximum Gasteiger partial charge on any atom is 0.333 e. The zero-order valence-corrected chi connectivity index (χ0v) is 21.3. The van der Waals surface area contributed by atoms with E-state index in [4.69, 9.17) is 10.5 Å². The number of aliphatic hydroxyl groups is 1. The Kier molecular flexibility index (Phi) is 7.54. The van der Waals surface area contributed by atoms with Gasteiger partial charge in [-0.3, -0.25) is 0 Å². The number of nitrogens with two attached hydrogens (primary N) is 1. The van der Waals surface area contributed by atoms with E-state index in [9.17, 15) is 23.5 Å². The van der Waals surface area contributed by atoms with Crippen LogP contribution in [0.3, 0.4) is 0 Å². The Labute approximate surface area is 227 Å². The number of methoxy groups -OCH3 is 1. The van der Waals surface area contributed by atoms with E-state index < -0.39 is 18.5 Å². The lowest BCUT2D eigenvalue weighted by molar-refractivity contribution is 0.0566. The maximum atomic E-state index is 14.8. The van der Waals surface area contributed by atoms with Crippen molar-refractivity contribution in [1.82, 2.24) is 19.7 Å². The van der Waals surface area contributed by atoms with Gasteiger partial charge in [0.15, 0.2) is 0 Å². The van der Waals surface area contributed by atoms with E-state index >= 15 is 0 Å². The first kappa shape index (κ1) is 26.9. The van der Waals surface area contributed by atoms with Crippen LogP contribution in [0.4, 0.5) is 30.5 Å².